The van der Waals surface area contributed by atoms with E-state index < -0.39 is 5.54 Å². The van der Waals surface area contributed by atoms with Crippen molar-refractivity contribution in [3.8, 4) is 0 Å². The number of likely N-dealkylation sites (N-methyl/N-ethyl adjacent to an activating group) is 1. The van der Waals surface area contributed by atoms with Gasteiger partial charge in [0, 0.05) is 6.54 Å². The van der Waals surface area contributed by atoms with Gasteiger partial charge in [0.15, 0.2) is 0 Å². The fraction of sp³-hybridized carbons (Fsp3) is 0.417. The lowest BCUT2D eigenvalue weighted by atomic mass is 9.98. The van der Waals surface area contributed by atoms with Crippen molar-refractivity contribution in [3.63, 3.8) is 0 Å². The van der Waals surface area contributed by atoms with Crippen molar-refractivity contribution in [1.29, 1.82) is 0 Å². The van der Waals surface area contributed by atoms with Crippen molar-refractivity contribution in [2.45, 2.75) is 26.3 Å². The molecule has 1 N–H and O–H groups in total. The van der Waals surface area contributed by atoms with Crippen LogP contribution in [-0.4, -0.2) is 18.0 Å². The van der Waals surface area contributed by atoms with E-state index in [1.807, 2.05) is 6.92 Å². The minimum absolute atomic E-state index is 0.00843. The summed E-state index contributed by atoms with van der Waals surface area (Å²) >= 11 is 0. The average Bonchev–Trinajstić information content (AvgIpc) is 2.20. The zero-order chi connectivity index (χ0) is 11.9. The first-order chi connectivity index (χ1) is 7.45. The second-order valence-corrected chi connectivity index (χ2v) is 4.46. The van der Waals surface area contributed by atoms with E-state index in [1.54, 1.807) is 24.8 Å². The SMILES string of the molecule is CCN1C(=O)C(C)(C)Nc2cc(F)ccc21. The molecule has 0 unspecified atom stereocenters. The number of rotatable bonds is 1. The fourth-order valence-electron chi connectivity index (χ4n) is 1.99. The van der Waals surface area contributed by atoms with Gasteiger partial charge in [-0.25, -0.2) is 4.39 Å². The quantitative estimate of drug-likeness (QED) is 0.791. The molecule has 16 heavy (non-hydrogen) atoms. The van der Waals surface area contributed by atoms with Gasteiger partial charge in [0.05, 0.1) is 11.4 Å². The highest BCUT2D eigenvalue weighted by Gasteiger charge is 2.37. The summed E-state index contributed by atoms with van der Waals surface area (Å²) in [5.74, 6) is -0.290. The summed E-state index contributed by atoms with van der Waals surface area (Å²) in [6.07, 6.45) is 0. The zero-order valence-electron chi connectivity index (χ0n) is 9.67. The van der Waals surface area contributed by atoms with Crippen LogP contribution in [0, 0.1) is 5.82 Å². The number of amides is 1. The predicted octanol–water partition coefficient (Wildman–Crippen LogP) is 2.38. The number of halogens is 1. The second-order valence-electron chi connectivity index (χ2n) is 4.46. The Morgan fingerprint density at radius 2 is 2.12 bits per heavy atom. The van der Waals surface area contributed by atoms with Gasteiger partial charge in [-0.2, -0.15) is 0 Å². The topological polar surface area (TPSA) is 32.3 Å². The van der Waals surface area contributed by atoms with Crippen LogP contribution in [0.2, 0.25) is 0 Å². The highest BCUT2D eigenvalue weighted by molar-refractivity contribution is 6.07. The Balaban J connectivity index is 2.55. The van der Waals surface area contributed by atoms with Crippen LogP contribution in [0.5, 0.6) is 0 Å². The Bertz CT molecular complexity index is 443. The van der Waals surface area contributed by atoms with Crippen molar-refractivity contribution >= 4 is 17.3 Å². The summed E-state index contributed by atoms with van der Waals surface area (Å²) in [7, 11) is 0. The van der Waals surface area contributed by atoms with Crippen LogP contribution < -0.4 is 10.2 Å². The van der Waals surface area contributed by atoms with Crippen LogP contribution in [0.25, 0.3) is 0 Å². The fourth-order valence-corrected chi connectivity index (χ4v) is 1.99. The molecule has 0 fully saturated rings. The van der Waals surface area contributed by atoms with Gasteiger partial charge in [-0.05, 0) is 39.0 Å². The zero-order valence-corrected chi connectivity index (χ0v) is 9.67. The largest absolute Gasteiger partial charge is 0.370 e. The van der Waals surface area contributed by atoms with Gasteiger partial charge >= 0.3 is 0 Å². The van der Waals surface area contributed by atoms with Crippen molar-refractivity contribution in [2.75, 3.05) is 16.8 Å². The third-order valence-corrected chi connectivity index (χ3v) is 2.79. The highest BCUT2D eigenvalue weighted by Crippen LogP contribution is 2.35. The van der Waals surface area contributed by atoms with Crippen molar-refractivity contribution in [3.05, 3.63) is 24.0 Å². The molecule has 1 aromatic carbocycles. The van der Waals surface area contributed by atoms with Gasteiger partial charge < -0.3 is 10.2 Å². The van der Waals surface area contributed by atoms with Crippen LogP contribution in [-0.2, 0) is 4.79 Å². The van der Waals surface area contributed by atoms with Gasteiger partial charge in [0.1, 0.15) is 11.4 Å². The molecule has 0 aliphatic carbocycles. The molecule has 1 aliphatic rings. The third-order valence-electron chi connectivity index (χ3n) is 2.79. The first-order valence-electron chi connectivity index (χ1n) is 5.35. The standard InChI is InChI=1S/C12H15FN2O/c1-4-15-10-6-5-8(13)7-9(10)14-12(2,3)11(15)16/h5-7,14H,4H2,1-3H3. The third kappa shape index (κ3) is 1.54. The van der Waals surface area contributed by atoms with Crippen LogP contribution in [0.3, 0.4) is 0 Å². The molecule has 2 rings (SSSR count). The van der Waals surface area contributed by atoms with Crippen LogP contribution in [0.15, 0.2) is 18.2 Å². The average molecular weight is 222 g/mol. The lowest BCUT2D eigenvalue weighted by molar-refractivity contribution is -0.122. The number of nitrogens with one attached hydrogen (secondary N) is 1. The van der Waals surface area contributed by atoms with E-state index in [-0.39, 0.29) is 11.7 Å². The van der Waals surface area contributed by atoms with Gasteiger partial charge in [-0.1, -0.05) is 0 Å². The Morgan fingerprint density at radius 3 is 2.75 bits per heavy atom. The Hall–Kier alpha value is -1.58. The van der Waals surface area contributed by atoms with Crippen LogP contribution >= 0.6 is 0 Å². The first-order valence-corrected chi connectivity index (χ1v) is 5.35. The number of carbonyl (C=O) groups excluding carboxylic acids is 1. The molecule has 1 heterocycles. The summed E-state index contributed by atoms with van der Waals surface area (Å²) < 4.78 is 13.1. The molecule has 0 bridgehead atoms. The molecule has 0 spiro atoms. The van der Waals surface area contributed by atoms with E-state index in [0.29, 0.717) is 12.2 Å². The van der Waals surface area contributed by atoms with Crippen molar-refractivity contribution < 1.29 is 9.18 Å². The molecule has 0 saturated heterocycles. The Kier molecular flexibility index (Phi) is 2.37. The molecule has 1 aromatic rings. The maximum atomic E-state index is 13.1. The van der Waals surface area contributed by atoms with E-state index in [0.717, 1.165) is 5.69 Å². The highest BCUT2D eigenvalue weighted by atomic mass is 19.1. The van der Waals surface area contributed by atoms with Gasteiger partial charge in [0.2, 0.25) is 0 Å². The van der Waals surface area contributed by atoms with Crippen molar-refractivity contribution in [1.82, 2.24) is 0 Å². The number of fused-ring (bicyclic) bond motifs is 1. The van der Waals surface area contributed by atoms with E-state index in [2.05, 4.69) is 5.32 Å². The number of nitrogens with zero attached hydrogens (tertiary/aromatic N) is 1. The molecule has 4 heteroatoms. The van der Waals surface area contributed by atoms with Gasteiger partial charge in [-0.15, -0.1) is 0 Å². The second kappa shape index (κ2) is 3.47. The summed E-state index contributed by atoms with van der Waals surface area (Å²) in [6.45, 7) is 6.09. The molecule has 1 amide bonds. The normalized spacial score (nSPS) is 18.0. The molecule has 86 valence electrons. The van der Waals surface area contributed by atoms with Gasteiger partial charge in [-0.3, -0.25) is 4.79 Å². The first kappa shape index (κ1) is 10.9. The Morgan fingerprint density at radius 1 is 1.44 bits per heavy atom. The molecule has 0 atom stereocenters. The smallest absolute Gasteiger partial charge is 0.252 e. The van der Waals surface area contributed by atoms with Crippen molar-refractivity contribution in [2.24, 2.45) is 0 Å². The maximum Gasteiger partial charge on any atom is 0.252 e. The predicted molar refractivity (Wildman–Crippen MR) is 62.1 cm³/mol. The van der Waals surface area contributed by atoms with E-state index in [1.165, 1.54) is 12.1 Å². The van der Waals surface area contributed by atoms with E-state index in [4.69, 9.17) is 0 Å². The molecule has 0 aromatic heterocycles. The molecule has 0 radical (unpaired) electrons. The lowest BCUT2D eigenvalue weighted by Crippen LogP contribution is -2.53. The van der Waals surface area contributed by atoms with Crippen LogP contribution in [0.4, 0.5) is 15.8 Å². The summed E-state index contributed by atoms with van der Waals surface area (Å²) in [6, 6.07) is 4.43. The molecule has 0 saturated carbocycles. The minimum atomic E-state index is -0.684. The molecular weight excluding hydrogens is 207 g/mol. The monoisotopic (exact) mass is 222 g/mol. The van der Waals surface area contributed by atoms with E-state index in [9.17, 15) is 9.18 Å². The maximum absolute atomic E-state index is 13.1. The molecular formula is C12H15FN2O. The minimum Gasteiger partial charge on any atom is -0.370 e. The number of carbonyl (C=O) groups is 1. The van der Waals surface area contributed by atoms with Gasteiger partial charge in [0.25, 0.3) is 5.91 Å². The lowest BCUT2D eigenvalue weighted by Gasteiger charge is -2.39. The summed E-state index contributed by atoms with van der Waals surface area (Å²) in [5.41, 5.74) is 0.733. The molecule has 3 nitrogen and oxygen atoms in total. The van der Waals surface area contributed by atoms with Crippen LogP contribution in [0.1, 0.15) is 20.8 Å². The number of hydrogen-bond acceptors (Lipinski definition) is 2. The summed E-state index contributed by atoms with van der Waals surface area (Å²) in [5, 5.41) is 3.06. The van der Waals surface area contributed by atoms with E-state index >= 15 is 0 Å². The number of benzene rings is 1. The number of anilines is 2. The summed E-state index contributed by atoms with van der Waals surface area (Å²) in [4.78, 5) is 13.8. The number of hydrogen-bond donors (Lipinski definition) is 1. The molecule has 1 aliphatic heterocycles. The Labute approximate surface area is 94.3 Å².